The highest BCUT2D eigenvalue weighted by Crippen LogP contribution is 2.40. The smallest absolute Gasteiger partial charge is 0.217 e. The lowest BCUT2D eigenvalue weighted by Crippen LogP contribution is -2.46. The van der Waals surface area contributed by atoms with Crippen LogP contribution < -0.4 is 19.5 Å². The number of carbonyl (C=O) groups excluding carboxylic acids is 1. The Morgan fingerprint density at radius 3 is 2.34 bits per heavy atom. The molecule has 0 radical (unpaired) electrons. The van der Waals surface area contributed by atoms with Gasteiger partial charge in [0.05, 0.1) is 27.4 Å². The number of amides is 1. The number of fused-ring (bicyclic) bond motifs is 1. The normalized spacial score (nSPS) is 17.2. The summed E-state index contributed by atoms with van der Waals surface area (Å²) in [5.74, 6) is 2.26. The van der Waals surface area contributed by atoms with Gasteiger partial charge in [0, 0.05) is 26.1 Å². The van der Waals surface area contributed by atoms with Crippen LogP contribution in [-0.4, -0.2) is 44.7 Å². The van der Waals surface area contributed by atoms with Crippen LogP contribution in [0.4, 0.5) is 0 Å². The highest BCUT2D eigenvalue weighted by atomic mass is 16.5. The van der Waals surface area contributed by atoms with E-state index in [9.17, 15) is 4.79 Å². The second-order valence-electron chi connectivity index (χ2n) is 7.41. The fourth-order valence-electron chi connectivity index (χ4n) is 4.16. The Bertz CT molecular complexity index is 851. The molecule has 0 bridgehead atoms. The van der Waals surface area contributed by atoms with Gasteiger partial charge in [0.25, 0.3) is 0 Å². The van der Waals surface area contributed by atoms with Gasteiger partial charge in [0.2, 0.25) is 5.91 Å². The molecule has 29 heavy (non-hydrogen) atoms. The minimum absolute atomic E-state index is 0.0320. The van der Waals surface area contributed by atoms with Crippen molar-refractivity contribution in [3.8, 4) is 17.2 Å². The first-order valence-corrected chi connectivity index (χ1v) is 9.85. The van der Waals surface area contributed by atoms with Gasteiger partial charge in [0.1, 0.15) is 5.75 Å². The fourth-order valence-corrected chi connectivity index (χ4v) is 4.16. The number of hydrogen-bond donors (Lipinski definition) is 1. The molecule has 0 aliphatic carbocycles. The van der Waals surface area contributed by atoms with Crippen molar-refractivity contribution in [2.45, 2.75) is 38.9 Å². The SMILES string of the molecule is COc1ccc(CN2CCc3cc(OC)c(OC)cc3[C@@H]2[C@H](C)NC(C)=O)cc1. The summed E-state index contributed by atoms with van der Waals surface area (Å²) >= 11 is 0. The Balaban J connectivity index is 1.96. The predicted molar refractivity (Wildman–Crippen MR) is 113 cm³/mol. The molecule has 2 aromatic carbocycles. The molecule has 156 valence electrons. The maximum atomic E-state index is 11.8. The number of hydrogen-bond acceptors (Lipinski definition) is 5. The van der Waals surface area contributed by atoms with Gasteiger partial charge < -0.3 is 19.5 Å². The van der Waals surface area contributed by atoms with Gasteiger partial charge in [-0.3, -0.25) is 9.69 Å². The number of benzene rings is 2. The lowest BCUT2D eigenvalue weighted by atomic mass is 9.87. The minimum atomic E-state index is -0.0529. The topological polar surface area (TPSA) is 60.0 Å². The van der Waals surface area contributed by atoms with Crippen LogP contribution in [0.5, 0.6) is 17.2 Å². The maximum absolute atomic E-state index is 11.8. The predicted octanol–water partition coefficient (Wildman–Crippen LogP) is 3.34. The lowest BCUT2D eigenvalue weighted by Gasteiger charge is -2.41. The molecule has 2 aromatic rings. The quantitative estimate of drug-likeness (QED) is 0.775. The number of nitrogens with zero attached hydrogens (tertiary/aromatic N) is 1. The van der Waals surface area contributed by atoms with Crippen LogP contribution in [0.2, 0.25) is 0 Å². The Morgan fingerprint density at radius 2 is 1.76 bits per heavy atom. The standard InChI is InChI=1S/C23H30N2O4/c1-15(24-16(2)26)23-20-13-22(29-5)21(28-4)12-18(20)10-11-25(23)14-17-6-8-19(27-3)9-7-17/h6-9,12-13,15,23H,10-11,14H2,1-5H3,(H,24,26)/t15-,23-/m0/s1. The summed E-state index contributed by atoms with van der Waals surface area (Å²) in [5.41, 5.74) is 3.61. The van der Waals surface area contributed by atoms with Crippen molar-refractivity contribution >= 4 is 5.91 Å². The molecule has 1 heterocycles. The average molecular weight is 399 g/mol. The number of carbonyl (C=O) groups is 1. The van der Waals surface area contributed by atoms with E-state index in [-0.39, 0.29) is 18.0 Å². The van der Waals surface area contributed by atoms with Gasteiger partial charge in [0.15, 0.2) is 11.5 Å². The Kier molecular flexibility index (Phi) is 6.64. The maximum Gasteiger partial charge on any atom is 0.217 e. The zero-order valence-electron chi connectivity index (χ0n) is 17.8. The summed E-state index contributed by atoms with van der Waals surface area (Å²) < 4.78 is 16.3. The molecule has 6 nitrogen and oxygen atoms in total. The molecule has 0 unspecified atom stereocenters. The molecule has 6 heteroatoms. The Labute approximate surface area is 172 Å². The number of nitrogens with one attached hydrogen (secondary N) is 1. The first kappa shape index (κ1) is 21.0. The van der Waals surface area contributed by atoms with E-state index >= 15 is 0 Å². The molecule has 1 aliphatic heterocycles. The molecule has 0 saturated carbocycles. The van der Waals surface area contributed by atoms with E-state index in [0.29, 0.717) is 5.75 Å². The summed E-state index contributed by atoms with van der Waals surface area (Å²) in [7, 11) is 4.97. The molecule has 1 amide bonds. The van der Waals surface area contributed by atoms with Gasteiger partial charge in [-0.15, -0.1) is 0 Å². The minimum Gasteiger partial charge on any atom is -0.497 e. The first-order valence-electron chi connectivity index (χ1n) is 9.85. The third-order valence-corrected chi connectivity index (χ3v) is 5.48. The van der Waals surface area contributed by atoms with E-state index in [1.54, 1.807) is 28.3 Å². The Hall–Kier alpha value is -2.73. The zero-order valence-corrected chi connectivity index (χ0v) is 17.8. The third-order valence-electron chi connectivity index (χ3n) is 5.48. The summed E-state index contributed by atoms with van der Waals surface area (Å²) in [6.45, 7) is 5.29. The molecule has 1 aliphatic rings. The van der Waals surface area contributed by atoms with Gasteiger partial charge in [-0.05, 0) is 54.3 Å². The summed E-state index contributed by atoms with van der Waals surface area (Å²) in [5, 5.41) is 3.08. The molecule has 0 saturated heterocycles. The molecule has 0 aromatic heterocycles. The van der Waals surface area contributed by atoms with Crippen LogP contribution in [0.3, 0.4) is 0 Å². The highest BCUT2D eigenvalue weighted by molar-refractivity contribution is 5.73. The molecule has 1 N–H and O–H groups in total. The van der Waals surface area contributed by atoms with Crippen molar-refractivity contribution in [2.24, 2.45) is 0 Å². The zero-order chi connectivity index (χ0) is 21.0. The van der Waals surface area contributed by atoms with E-state index in [0.717, 1.165) is 31.0 Å². The molecule has 2 atom stereocenters. The van der Waals surface area contributed by atoms with Crippen LogP contribution in [-0.2, 0) is 17.8 Å². The number of methoxy groups -OCH3 is 3. The third kappa shape index (κ3) is 4.65. The summed E-state index contributed by atoms with van der Waals surface area (Å²) in [6.07, 6.45) is 0.912. The van der Waals surface area contributed by atoms with Crippen LogP contribution in [0.15, 0.2) is 36.4 Å². The van der Waals surface area contributed by atoms with Crippen molar-refractivity contribution in [1.29, 1.82) is 0 Å². The van der Waals surface area contributed by atoms with Crippen molar-refractivity contribution in [2.75, 3.05) is 27.9 Å². The number of rotatable bonds is 7. The average Bonchev–Trinajstić information content (AvgIpc) is 2.72. The Morgan fingerprint density at radius 1 is 1.10 bits per heavy atom. The van der Waals surface area contributed by atoms with Crippen LogP contribution >= 0.6 is 0 Å². The van der Waals surface area contributed by atoms with Gasteiger partial charge in [-0.2, -0.15) is 0 Å². The van der Waals surface area contributed by atoms with E-state index < -0.39 is 0 Å². The molecule has 3 rings (SSSR count). The van der Waals surface area contributed by atoms with Gasteiger partial charge >= 0.3 is 0 Å². The number of ether oxygens (including phenoxy) is 3. The second-order valence-corrected chi connectivity index (χ2v) is 7.41. The van der Waals surface area contributed by atoms with Crippen LogP contribution in [0, 0.1) is 0 Å². The lowest BCUT2D eigenvalue weighted by molar-refractivity contribution is -0.120. The van der Waals surface area contributed by atoms with Gasteiger partial charge in [-0.1, -0.05) is 12.1 Å². The molecular formula is C23H30N2O4. The summed E-state index contributed by atoms with van der Waals surface area (Å²) in [4.78, 5) is 14.2. The summed E-state index contributed by atoms with van der Waals surface area (Å²) in [6, 6.07) is 12.2. The fraction of sp³-hybridized carbons (Fsp3) is 0.435. The van der Waals surface area contributed by atoms with E-state index in [4.69, 9.17) is 14.2 Å². The van der Waals surface area contributed by atoms with Crippen molar-refractivity contribution < 1.29 is 19.0 Å². The monoisotopic (exact) mass is 398 g/mol. The van der Waals surface area contributed by atoms with E-state index in [2.05, 4.69) is 41.4 Å². The van der Waals surface area contributed by atoms with Crippen LogP contribution in [0.1, 0.15) is 36.6 Å². The molecule has 0 fully saturated rings. The first-order chi connectivity index (χ1) is 14.0. The van der Waals surface area contributed by atoms with Gasteiger partial charge in [-0.25, -0.2) is 0 Å². The van der Waals surface area contributed by atoms with Crippen LogP contribution in [0.25, 0.3) is 0 Å². The van der Waals surface area contributed by atoms with E-state index in [1.807, 2.05) is 12.1 Å². The van der Waals surface area contributed by atoms with E-state index in [1.165, 1.54) is 16.7 Å². The molecular weight excluding hydrogens is 368 g/mol. The van der Waals surface area contributed by atoms with Crippen molar-refractivity contribution in [3.63, 3.8) is 0 Å². The highest BCUT2D eigenvalue weighted by Gasteiger charge is 2.33. The van der Waals surface area contributed by atoms with Crippen molar-refractivity contribution in [1.82, 2.24) is 10.2 Å². The molecule has 0 spiro atoms. The second kappa shape index (κ2) is 9.18. The van der Waals surface area contributed by atoms with Crippen molar-refractivity contribution in [3.05, 3.63) is 53.1 Å². The largest absolute Gasteiger partial charge is 0.497 e.